The Kier molecular flexibility index (Phi) is 2.30. The zero-order chi connectivity index (χ0) is 12.8. The molecule has 2 rings (SSSR count). The average Bonchev–Trinajstić information content (AvgIpc) is 2.61. The maximum Gasteiger partial charge on any atom is 0.339 e. The summed E-state index contributed by atoms with van der Waals surface area (Å²) in [6, 6.07) is 0. The average molecular weight is 235 g/mol. The van der Waals surface area contributed by atoms with E-state index in [1.807, 2.05) is 20.8 Å². The van der Waals surface area contributed by atoms with Crippen LogP contribution >= 0.6 is 0 Å². The van der Waals surface area contributed by atoms with Gasteiger partial charge < -0.3 is 15.4 Å². The molecule has 0 aromatic carbocycles. The third-order valence-corrected chi connectivity index (χ3v) is 2.49. The molecular formula is C11H13N3O3. The Morgan fingerprint density at radius 2 is 2.12 bits per heavy atom. The number of aromatic nitrogens is 2. The van der Waals surface area contributed by atoms with Crippen LogP contribution in [0, 0.1) is 0 Å². The van der Waals surface area contributed by atoms with Crippen LogP contribution < -0.4 is 5.73 Å². The number of anilines is 1. The molecule has 0 aliphatic rings. The minimum Gasteiger partial charge on any atom is -0.478 e. The summed E-state index contributed by atoms with van der Waals surface area (Å²) in [6.07, 6.45) is 1.18. The molecule has 2 heterocycles. The number of carboxylic acids is 1. The highest BCUT2D eigenvalue weighted by Crippen LogP contribution is 2.33. The van der Waals surface area contributed by atoms with Gasteiger partial charge in [0.25, 0.3) is 5.71 Å². The van der Waals surface area contributed by atoms with Crippen molar-refractivity contribution in [2.45, 2.75) is 26.2 Å². The first-order valence-corrected chi connectivity index (χ1v) is 5.10. The zero-order valence-corrected chi connectivity index (χ0v) is 9.81. The molecule has 2 aromatic heterocycles. The second-order valence-electron chi connectivity index (χ2n) is 4.85. The quantitative estimate of drug-likeness (QED) is 0.781. The molecule has 0 amide bonds. The number of nitrogens with two attached hydrogens (primary N) is 1. The lowest BCUT2D eigenvalue weighted by Crippen LogP contribution is -2.13. The molecule has 0 spiro atoms. The second kappa shape index (κ2) is 3.44. The fraction of sp³-hybridized carbons (Fsp3) is 0.364. The van der Waals surface area contributed by atoms with Gasteiger partial charge in [-0.25, -0.2) is 9.78 Å². The number of fused-ring (bicyclic) bond motifs is 1. The van der Waals surface area contributed by atoms with Crippen LogP contribution in [-0.2, 0) is 5.41 Å². The molecule has 6 nitrogen and oxygen atoms in total. The molecule has 0 bridgehead atoms. The van der Waals surface area contributed by atoms with Gasteiger partial charge in [-0.3, -0.25) is 0 Å². The molecular weight excluding hydrogens is 222 g/mol. The predicted octanol–water partition coefficient (Wildman–Crippen LogP) is 1.80. The van der Waals surface area contributed by atoms with Crippen molar-refractivity contribution in [3.8, 4) is 0 Å². The highest BCUT2D eigenvalue weighted by atomic mass is 16.5. The van der Waals surface area contributed by atoms with Gasteiger partial charge in [0, 0.05) is 11.6 Å². The fourth-order valence-electron chi connectivity index (χ4n) is 1.62. The number of carboxylic acid groups (broad SMARTS) is 1. The number of nitrogen functional groups attached to an aromatic ring is 1. The van der Waals surface area contributed by atoms with Crippen molar-refractivity contribution >= 4 is 22.8 Å². The smallest absolute Gasteiger partial charge is 0.339 e. The molecule has 0 aliphatic heterocycles. The maximum atomic E-state index is 11.0. The van der Waals surface area contributed by atoms with Crippen LogP contribution in [0.1, 0.15) is 36.8 Å². The summed E-state index contributed by atoms with van der Waals surface area (Å²) in [6.45, 7) is 5.82. The van der Waals surface area contributed by atoms with Gasteiger partial charge in [0.2, 0.25) is 0 Å². The lowest BCUT2D eigenvalue weighted by molar-refractivity contribution is 0.0698. The minimum atomic E-state index is -1.11. The van der Waals surface area contributed by atoms with Gasteiger partial charge in [0.05, 0.1) is 11.1 Å². The summed E-state index contributed by atoms with van der Waals surface area (Å²) in [5, 5.41) is 13.4. The van der Waals surface area contributed by atoms with Crippen LogP contribution in [0.15, 0.2) is 10.7 Å². The van der Waals surface area contributed by atoms with E-state index >= 15 is 0 Å². The van der Waals surface area contributed by atoms with Gasteiger partial charge in [-0.2, -0.15) is 0 Å². The monoisotopic (exact) mass is 235 g/mol. The van der Waals surface area contributed by atoms with E-state index in [4.69, 9.17) is 15.4 Å². The Balaban J connectivity index is 2.83. The largest absolute Gasteiger partial charge is 0.478 e. The molecule has 0 saturated heterocycles. The number of hydrogen-bond donors (Lipinski definition) is 2. The number of hydrogen-bond acceptors (Lipinski definition) is 5. The summed E-state index contributed by atoms with van der Waals surface area (Å²) in [4.78, 5) is 14.9. The molecule has 2 aromatic rings. The van der Waals surface area contributed by atoms with Gasteiger partial charge >= 0.3 is 5.97 Å². The highest BCUT2D eigenvalue weighted by Gasteiger charge is 2.26. The summed E-state index contributed by atoms with van der Waals surface area (Å²) in [5.74, 6) is -1.11. The van der Waals surface area contributed by atoms with Crippen LogP contribution in [0.3, 0.4) is 0 Å². The molecule has 3 N–H and O–H groups in total. The molecule has 6 heteroatoms. The number of carbonyl (C=O) groups is 1. The highest BCUT2D eigenvalue weighted by molar-refractivity contribution is 6.03. The third kappa shape index (κ3) is 1.71. The lowest BCUT2D eigenvalue weighted by Gasteiger charge is -2.15. The first-order chi connectivity index (χ1) is 7.82. The van der Waals surface area contributed by atoms with Gasteiger partial charge in [-0.1, -0.05) is 25.9 Å². The maximum absolute atomic E-state index is 11.0. The van der Waals surface area contributed by atoms with Crippen molar-refractivity contribution in [2.75, 3.05) is 5.73 Å². The van der Waals surface area contributed by atoms with Crippen LogP contribution in [0.4, 0.5) is 5.69 Å². The molecule has 0 saturated carbocycles. The molecule has 17 heavy (non-hydrogen) atoms. The standard InChI is InChI=1S/C11H13N3O3/c1-11(2,3)8-6-7(12)5(10(15)16)4-13-9(6)17-14-8/h4H,1-3H3,(H2,12,13)(H,15,16). The van der Waals surface area contributed by atoms with Gasteiger partial charge in [-0.15, -0.1) is 0 Å². The number of nitrogens with zero attached hydrogens (tertiary/aromatic N) is 2. The summed E-state index contributed by atoms with van der Waals surface area (Å²) >= 11 is 0. The van der Waals surface area contributed by atoms with E-state index in [1.54, 1.807) is 0 Å². The van der Waals surface area contributed by atoms with Crippen molar-refractivity contribution in [1.82, 2.24) is 10.1 Å². The van der Waals surface area contributed by atoms with E-state index in [-0.39, 0.29) is 22.4 Å². The molecule has 0 fully saturated rings. The van der Waals surface area contributed by atoms with Crippen molar-refractivity contribution in [1.29, 1.82) is 0 Å². The zero-order valence-electron chi connectivity index (χ0n) is 9.81. The SMILES string of the molecule is CC(C)(C)c1noc2ncc(C(=O)O)c(N)c12. The van der Waals surface area contributed by atoms with Gasteiger partial charge in [-0.05, 0) is 0 Å². The van der Waals surface area contributed by atoms with Crippen LogP contribution in [0.25, 0.3) is 11.1 Å². The van der Waals surface area contributed by atoms with Crippen molar-refractivity contribution < 1.29 is 14.4 Å². The van der Waals surface area contributed by atoms with Crippen molar-refractivity contribution in [3.63, 3.8) is 0 Å². The number of rotatable bonds is 1. The van der Waals surface area contributed by atoms with Crippen LogP contribution in [0.2, 0.25) is 0 Å². The van der Waals surface area contributed by atoms with Crippen LogP contribution in [-0.4, -0.2) is 21.2 Å². The third-order valence-electron chi connectivity index (χ3n) is 2.49. The fourth-order valence-corrected chi connectivity index (χ4v) is 1.62. The van der Waals surface area contributed by atoms with Crippen molar-refractivity contribution in [3.05, 3.63) is 17.5 Å². The number of aromatic carboxylic acids is 1. The Bertz CT molecular complexity index is 596. The van der Waals surface area contributed by atoms with E-state index in [2.05, 4.69) is 10.1 Å². The molecule has 0 unspecified atom stereocenters. The second-order valence-corrected chi connectivity index (χ2v) is 4.85. The van der Waals surface area contributed by atoms with E-state index in [0.717, 1.165) is 0 Å². The number of pyridine rings is 1. The van der Waals surface area contributed by atoms with Gasteiger partial charge in [0.1, 0.15) is 11.3 Å². The topological polar surface area (TPSA) is 102 Å². The Labute approximate surface area is 97.4 Å². The Morgan fingerprint density at radius 3 is 2.65 bits per heavy atom. The summed E-state index contributed by atoms with van der Waals surface area (Å²) < 4.78 is 5.06. The minimum absolute atomic E-state index is 0.0359. The summed E-state index contributed by atoms with van der Waals surface area (Å²) in [7, 11) is 0. The van der Waals surface area contributed by atoms with Crippen molar-refractivity contribution in [2.24, 2.45) is 0 Å². The van der Waals surface area contributed by atoms with E-state index in [1.165, 1.54) is 6.20 Å². The molecule has 0 aliphatic carbocycles. The molecule has 0 radical (unpaired) electrons. The lowest BCUT2D eigenvalue weighted by atomic mass is 9.89. The molecule has 90 valence electrons. The Hall–Kier alpha value is -2.11. The van der Waals surface area contributed by atoms with E-state index in [9.17, 15) is 4.79 Å². The van der Waals surface area contributed by atoms with E-state index < -0.39 is 5.97 Å². The Morgan fingerprint density at radius 1 is 1.47 bits per heavy atom. The first-order valence-electron chi connectivity index (χ1n) is 5.10. The first kappa shape index (κ1) is 11.4. The molecule has 0 atom stereocenters. The predicted molar refractivity (Wildman–Crippen MR) is 61.9 cm³/mol. The van der Waals surface area contributed by atoms with Crippen LogP contribution in [0.5, 0.6) is 0 Å². The summed E-state index contributed by atoms with van der Waals surface area (Å²) in [5.41, 5.74) is 6.53. The normalized spacial score (nSPS) is 11.9. The van der Waals surface area contributed by atoms with Gasteiger partial charge in [0.15, 0.2) is 0 Å². The van der Waals surface area contributed by atoms with E-state index in [0.29, 0.717) is 11.1 Å².